The Morgan fingerprint density at radius 1 is 1.09 bits per heavy atom. The molecule has 2 heterocycles. The first-order chi connectivity index (χ1) is 16.5. The molecular weight excluding hydrogens is 434 g/mol. The van der Waals surface area contributed by atoms with Gasteiger partial charge in [-0.15, -0.1) is 0 Å². The average molecular weight is 466 g/mol. The predicted molar refractivity (Wildman–Crippen MR) is 127 cm³/mol. The summed E-state index contributed by atoms with van der Waals surface area (Å²) in [7, 11) is 3.23. The molecule has 0 N–H and O–H groups in total. The summed E-state index contributed by atoms with van der Waals surface area (Å²) < 4.78 is 21.9. The van der Waals surface area contributed by atoms with E-state index in [-0.39, 0.29) is 11.8 Å². The van der Waals surface area contributed by atoms with E-state index in [9.17, 15) is 4.79 Å². The number of hydrogen-bond acceptors (Lipinski definition) is 7. The fourth-order valence-corrected chi connectivity index (χ4v) is 3.94. The zero-order valence-corrected chi connectivity index (χ0v) is 20.1. The first-order valence-electron chi connectivity index (χ1n) is 11.5. The Morgan fingerprint density at radius 3 is 2.56 bits per heavy atom. The van der Waals surface area contributed by atoms with Gasteiger partial charge in [0.1, 0.15) is 5.75 Å². The molecule has 3 aromatic rings. The molecule has 0 bridgehead atoms. The molecule has 1 amide bonds. The van der Waals surface area contributed by atoms with Crippen molar-refractivity contribution in [1.29, 1.82) is 0 Å². The number of amides is 1. The Labute approximate surface area is 199 Å². The van der Waals surface area contributed by atoms with E-state index < -0.39 is 0 Å². The number of rotatable bonds is 10. The highest BCUT2D eigenvalue weighted by molar-refractivity contribution is 5.79. The van der Waals surface area contributed by atoms with Gasteiger partial charge in [0, 0.05) is 25.1 Å². The third kappa shape index (κ3) is 5.50. The molecule has 4 rings (SSSR count). The number of benzene rings is 2. The molecule has 0 radical (unpaired) electrons. The van der Waals surface area contributed by atoms with E-state index in [0.717, 1.165) is 23.3 Å². The van der Waals surface area contributed by atoms with Crippen molar-refractivity contribution in [3.8, 4) is 28.6 Å². The van der Waals surface area contributed by atoms with Gasteiger partial charge in [-0.2, -0.15) is 4.98 Å². The number of aromatic nitrogens is 2. The van der Waals surface area contributed by atoms with Crippen LogP contribution in [0.5, 0.6) is 17.2 Å². The van der Waals surface area contributed by atoms with E-state index in [1.807, 2.05) is 47.4 Å². The van der Waals surface area contributed by atoms with Gasteiger partial charge >= 0.3 is 0 Å². The van der Waals surface area contributed by atoms with Crippen molar-refractivity contribution >= 4 is 5.91 Å². The van der Waals surface area contributed by atoms with Crippen LogP contribution in [0.25, 0.3) is 11.4 Å². The second kappa shape index (κ2) is 10.6. The molecule has 180 valence electrons. The third-order valence-electron chi connectivity index (χ3n) is 5.82. The van der Waals surface area contributed by atoms with Crippen molar-refractivity contribution in [2.45, 2.75) is 32.6 Å². The minimum atomic E-state index is -0.104. The standard InChI is InChI=1S/C26H31N3O5/c1-17(2)16-33-21-8-6-19(7-9-21)25-27-26(34-28-25)20-14-24(30)29(15-20)12-11-18-5-10-22(31-3)23(13-18)32-4/h5-10,13,17,20H,11-12,14-16H2,1-4H3. The molecule has 1 fully saturated rings. The lowest BCUT2D eigenvalue weighted by Gasteiger charge is -2.16. The summed E-state index contributed by atoms with van der Waals surface area (Å²) in [6.07, 6.45) is 1.09. The Morgan fingerprint density at radius 2 is 1.85 bits per heavy atom. The first kappa shape index (κ1) is 23.6. The Kier molecular flexibility index (Phi) is 7.35. The molecule has 1 atom stereocenters. The maximum atomic E-state index is 12.6. The first-order valence-corrected chi connectivity index (χ1v) is 11.5. The van der Waals surface area contributed by atoms with E-state index in [0.29, 0.717) is 55.2 Å². The summed E-state index contributed by atoms with van der Waals surface area (Å²) in [4.78, 5) is 19.0. The highest BCUT2D eigenvalue weighted by atomic mass is 16.5. The van der Waals surface area contributed by atoms with Gasteiger partial charge in [0.25, 0.3) is 0 Å². The lowest BCUT2D eigenvalue weighted by Crippen LogP contribution is -2.27. The number of likely N-dealkylation sites (tertiary alicyclic amines) is 1. The zero-order chi connectivity index (χ0) is 24.1. The van der Waals surface area contributed by atoms with E-state index >= 15 is 0 Å². The average Bonchev–Trinajstić information content (AvgIpc) is 3.48. The van der Waals surface area contributed by atoms with Crippen LogP contribution in [0.15, 0.2) is 47.0 Å². The van der Waals surface area contributed by atoms with Crippen LogP contribution in [0.4, 0.5) is 0 Å². The second-order valence-electron chi connectivity index (χ2n) is 8.87. The van der Waals surface area contributed by atoms with Crippen LogP contribution in [0.1, 0.15) is 37.6 Å². The fraction of sp³-hybridized carbons (Fsp3) is 0.423. The summed E-state index contributed by atoms with van der Waals surface area (Å²) in [5.41, 5.74) is 1.93. The van der Waals surface area contributed by atoms with E-state index in [4.69, 9.17) is 18.7 Å². The molecule has 8 nitrogen and oxygen atoms in total. The second-order valence-corrected chi connectivity index (χ2v) is 8.87. The molecule has 1 unspecified atom stereocenters. The highest BCUT2D eigenvalue weighted by Gasteiger charge is 2.34. The molecule has 1 aliphatic rings. The molecule has 0 aliphatic carbocycles. The summed E-state index contributed by atoms with van der Waals surface area (Å²) >= 11 is 0. The van der Waals surface area contributed by atoms with Crippen LogP contribution in [-0.4, -0.2) is 54.9 Å². The smallest absolute Gasteiger partial charge is 0.232 e. The predicted octanol–water partition coefficient (Wildman–Crippen LogP) is 4.35. The number of ether oxygens (including phenoxy) is 3. The number of nitrogens with zero attached hydrogens (tertiary/aromatic N) is 3. The number of carbonyl (C=O) groups is 1. The Hall–Kier alpha value is -3.55. The zero-order valence-electron chi connectivity index (χ0n) is 20.1. The van der Waals surface area contributed by atoms with Gasteiger partial charge in [-0.05, 0) is 54.3 Å². The fourth-order valence-electron chi connectivity index (χ4n) is 3.94. The quantitative estimate of drug-likeness (QED) is 0.440. The normalized spacial score (nSPS) is 15.7. The summed E-state index contributed by atoms with van der Waals surface area (Å²) in [5.74, 6) is 3.65. The van der Waals surface area contributed by atoms with Crippen molar-refractivity contribution in [3.63, 3.8) is 0 Å². The SMILES string of the molecule is COc1ccc(CCN2CC(c3nc(-c4ccc(OCC(C)C)cc4)no3)CC2=O)cc1OC. The molecule has 0 spiro atoms. The number of carbonyl (C=O) groups excluding carboxylic acids is 1. The van der Waals surface area contributed by atoms with Gasteiger partial charge < -0.3 is 23.6 Å². The van der Waals surface area contributed by atoms with Crippen molar-refractivity contribution in [1.82, 2.24) is 15.0 Å². The van der Waals surface area contributed by atoms with Crippen LogP contribution in [-0.2, 0) is 11.2 Å². The number of hydrogen-bond donors (Lipinski definition) is 0. The molecule has 34 heavy (non-hydrogen) atoms. The van der Waals surface area contributed by atoms with Crippen LogP contribution in [0, 0.1) is 5.92 Å². The molecule has 0 saturated carbocycles. The topological polar surface area (TPSA) is 86.9 Å². The van der Waals surface area contributed by atoms with Crippen molar-refractivity contribution in [2.75, 3.05) is 33.9 Å². The van der Waals surface area contributed by atoms with E-state index in [1.54, 1.807) is 14.2 Å². The Bertz CT molecular complexity index is 1110. The molecule has 8 heteroatoms. The van der Waals surface area contributed by atoms with E-state index in [1.165, 1.54) is 0 Å². The van der Waals surface area contributed by atoms with Gasteiger partial charge in [0.2, 0.25) is 17.6 Å². The van der Waals surface area contributed by atoms with Crippen molar-refractivity contribution in [2.24, 2.45) is 5.92 Å². The minimum absolute atomic E-state index is 0.0943. The summed E-state index contributed by atoms with van der Waals surface area (Å²) in [6, 6.07) is 13.5. The van der Waals surface area contributed by atoms with Gasteiger partial charge in [0.05, 0.1) is 26.7 Å². The maximum absolute atomic E-state index is 12.6. The van der Waals surface area contributed by atoms with Crippen molar-refractivity contribution < 1.29 is 23.5 Å². The van der Waals surface area contributed by atoms with Crippen molar-refractivity contribution in [3.05, 3.63) is 53.9 Å². The molecule has 2 aromatic carbocycles. The van der Waals surface area contributed by atoms with Crippen LogP contribution >= 0.6 is 0 Å². The molecule has 1 aliphatic heterocycles. The van der Waals surface area contributed by atoms with Gasteiger partial charge in [0.15, 0.2) is 11.5 Å². The van der Waals surface area contributed by atoms with Crippen LogP contribution < -0.4 is 14.2 Å². The summed E-state index contributed by atoms with van der Waals surface area (Å²) in [5, 5.41) is 4.13. The largest absolute Gasteiger partial charge is 0.493 e. The lowest BCUT2D eigenvalue weighted by molar-refractivity contribution is -0.127. The molecule has 1 aromatic heterocycles. The number of methoxy groups -OCH3 is 2. The van der Waals surface area contributed by atoms with Gasteiger partial charge in [-0.1, -0.05) is 25.1 Å². The lowest BCUT2D eigenvalue weighted by atomic mass is 10.1. The minimum Gasteiger partial charge on any atom is -0.493 e. The van der Waals surface area contributed by atoms with Gasteiger partial charge in [-0.3, -0.25) is 4.79 Å². The van der Waals surface area contributed by atoms with Gasteiger partial charge in [-0.25, -0.2) is 0 Å². The molecular formula is C26H31N3O5. The highest BCUT2D eigenvalue weighted by Crippen LogP contribution is 2.31. The Balaban J connectivity index is 1.35. The van der Waals surface area contributed by atoms with E-state index in [2.05, 4.69) is 24.0 Å². The molecule has 1 saturated heterocycles. The van der Waals surface area contributed by atoms with Crippen LogP contribution in [0.2, 0.25) is 0 Å². The monoisotopic (exact) mass is 465 g/mol. The van der Waals surface area contributed by atoms with Crippen LogP contribution in [0.3, 0.4) is 0 Å². The third-order valence-corrected chi connectivity index (χ3v) is 5.82. The maximum Gasteiger partial charge on any atom is 0.232 e. The summed E-state index contributed by atoms with van der Waals surface area (Å²) in [6.45, 7) is 6.07.